The van der Waals surface area contributed by atoms with Gasteiger partial charge in [0.1, 0.15) is 5.75 Å². The highest BCUT2D eigenvalue weighted by atomic mass is 35.5. The van der Waals surface area contributed by atoms with Crippen LogP contribution in [0, 0.1) is 20.8 Å². The summed E-state index contributed by atoms with van der Waals surface area (Å²) in [5, 5.41) is 13.9. The Morgan fingerprint density at radius 2 is 1.63 bits per heavy atom. The van der Waals surface area contributed by atoms with Crippen molar-refractivity contribution in [1.82, 2.24) is 9.73 Å². The van der Waals surface area contributed by atoms with Gasteiger partial charge in [0.15, 0.2) is 0 Å². The number of amides is 1. The number of halogens is 2. The first kappa shape index (κ1) is 26.7. The van der Waals surface area contributed by atoms with Crippen LogP contribution in [-0.4, -0.2) is 36.5 Å². The zero-order chi connectivity index (χ0) is 25.8. The smallest absolute Gasteiger partial charge is 0.255 e. The van der Waals surface area contributed by atoms with Crippen molar-refractivity contribution in [2.24, 2.45) is 5.10 Å². The van der Waals surface area contributed by atoms with Crippen LogP contribution in [0.25, 0.3) is 0 Å². The summed E-state index contributed by atoms with van der Waals surface area (Å²) in [5.41, 5.74) is 5.70. The number of hydrogen-bond donors (Lipinski definition) is 2. The van der Waals surface area contributed by atoms with E-state index in [4.69, 9.17) is 23.2 Å². The monoisotopic (exact) mass is 533 g/mol. The van der Waals surface area contributed by atoms with E-state index in [1.165, 1.54) is 18.3 Å². The summed E-state index contributed by atoms with van der Waals surface area (Å²) in [6.45, 7) is 4.78. The van der Waals surface area contributed by atoms with Gasteiger partial charge in [0.25, 0.3) is 5.91 Å². The van der Waals surface area contributed by atoms with Crippen LogP contribution in [-0.2, 0) is 21.4 Å². The van der Waals surface area contributed by atoms with Gasteiger partial charge in [-0.15, -0.1) is 0 Å². The molecule has 0 unspecified atom stereocenters. The Hall–Kier alpha value is -2.91. The lowest BCUT2D eigenvalue weighted by atomic mass is 10.1. The number of benzene rings is 3. The van der Waals surface area contributed by atoms with Gasteiger partial charge in [-0.25, -0.2) is 13.8 Å². The molecule has 184 valence electrons. The highest BCUT2D eigenvalue weighted by Gasteiger charge is 2.30. The predicted octanol–water partition coefficient (Wildman–Crippen LogP) is 4.97. The van der Waals surface area contributed by atoms with Crippen LogP contribution in [0.15, 0.2) is 64.6 Å². The van der Waals surface area contributed by atoms with E-state index in [0.717, 1.165) is 9.87 Å². The number of phenols is 1. The fraction of sp³-hybridized carbons (Fsp3) is 0.200. The molecule has 0 aliphatic heterocycles. The maximum Gasteiger partial charge on any atom is 0.255 e. The SMILES string of the molecule is Cc1cc(C)c(S(=O)(=O)N(CC(=O)N/N=C/c2ccc(O)cc2)Cc2ccc(Cl)c(Cl)c2)c(C)c1. The van der Waals surface area contributed by atoms with Crippen molar-refractivity contribution < 1.29 is 18.3 Å². The molecule has 3 rings (SSSR count). The summed E-state index contributed by atoms with van der Waals surface area (Å²) in [5.74, 6) is -0.512. The Morgan fingerprint density at radius 3 is 2.23 bits per heavy atom. The number of nitrogens with one attached hydrogen (secondary N) is 1. The van der Waals surface area contributed by atoms with Gasteiger partial charge >= 0.3 is 0 Å². The number of sulfonamides is 1. The summed E-state index contributed by atoms with van der Waals surface area (Å²) in [6.07, 6.45) is 1.39. The van der Waals surface area contributed by atoms with Crippen molar-refractivity contribution >= 4 is 45.3 Å². The van der Waals surface area contributed by atoms with E-state index in [1.54, 1.807) is 56.3 Å². The van der Waals surface area contributed by atoms with Crippen LogP contribution in [0.5, 0.6) is 5.75 Å². The average molecular weight is 534 g/mol. The molecule has 0 saturated heterocycles. The molecule has 0 bridgehead atoms. The lowest BCUT2D eigenvalue weighted by molar-refractivity contribution is -0.121. The summed E-state index contributed by atoms with van der Waals surface area (Å²) in [4.78, 5) is 12.8. The van der Waals surface area contributed by atoms with Crippen LogP contribution < -0.4 is 5.43 Å². The standard InChI is InChI=1S/C25H25Cl2N3O4S/c1-16-10-17(2)25(18(3)11-16)35(33,34)30(14-20-6-9-22(26)23(27)12-20)15-24(32)29-28-13-19-4-7-21(31)8-5-19/h4-13,31H,14-15H2,1-3H3,(H,29,32)/b28-13+. The van der Waals surface area contributed by atoms with Crippen LogP contribution in [0.2, 0.25) is 10.0 Å². The lowest BCUT2D eigenvalue weighted by Gasteiger charge is -2.24. The molecule has 10 heteroatoms. The van der Waals surface area contributed by atoms with E-state index < -0.39 is 22.5 Å². The van der Waals surface area contributed by atoms with Crippen molar-refractivity contribution in [3.05, 3.63) is 92.5 Å². The maximum absolute atomic E-state index is 13.7. The maximum atomic E-state index is 13.7. The zero-order valence-electron chi connectivity index (χ0n) is 19.4. The molecular weight excluding hydrogens is 509 g/mol. The molecule has 3 aromatic carbocycles. The van der Waals surface area contributed by atoms with E-state index in [9.17, 15) is 18.3 Å². The van der Waals surface area contributed by atoms with Crippen molar-refractivity contribution in [1.29, 1.82) is 0 Å². The topological polar surface area (TPSA) is 99.1 Å². The molecule has 0 aliphatic rings. The molecule has 0 saturated carbocycles. The zero-order valence-corrected chi connectivity index (χ0v) is 21.7. The van der Waals surface area contributed by atoms with Crippen LogP contribution >= 0.6 is 23.2 Å². The van der Waals surface area contributed by atoms with Crippen LogP contribution in [0.1, 0.15) is 27.8 Å². The number of phenolic OH excluding ortho intramolecular Hbond substituents is 1. The lowest BCUT2D eigenvalue weighted by Crippen LogP contribution is -2.39. The van der Waals surface area contributed by atoms with E-state index in [0.29, 0.717) is 27.3 Å². The van der Waals surface area contributed by atoms with Crippen LogP contribution in [0.4, 0.5) is 0 Å². The average Bonchev–Trinajstić information content (AvgIpc) is 2.76. The third kappa shape index (κ3) is 6.82. The fourth-order valence-electron chi connectivity index (χ4n) is 3.70. The molecule has 0 heterocycles. The molecule has 7 nitrogen and oxygen atoms in total. The highest BCUT2D eigenvalue weighted by molar-refractivity contribution is 7.89. The minimum atomic E-state index is -4.06. The molecule has 1 amide bonds. The number of aromatic hydroxyl groups is 1. The van der Waals surface area contributed by atoms with Gasteiger partial charge in [-0.2, -0.15) is 9.41 Å². The number of hydrogen-bond acceptors (Lipinski definition) is 5. The van der Waals surface area contributed by atoms with E-state index in [2.05, 4.69) is 10.5 Å². The van der Waals surface area contributed by atoms with Crippen molar-refractivity contribution in [3.63, 3.8) is 0 Å². The van der Waals surface area contributed by atoms with Gasteiger partial charge < -0.3 is 5.11 Å². The Bertz CT molecular complexity index is 1350. The largest absolute Gasteiger partial charge is 0.508 e. The molecule has 0 atom stereocenters. The number of aryl methyl sites for hydroxylation is 3. The molecule has 0 radical (unpaired) electrons. The van der Waals surface area contributed by atoms with Gasteiger partial charge in [-0.1, -0.05) is 47.0 Å². The minimum Gasteiger partial charge on any atom is -0.508 e. The normalized spacial score (nSPS) is 11.8. The summed E-state index contributed by atoms with van der Waals surface area (Å²) >= 11 is 12.1. The Morgan fingerprint density at radius 1 is 1.00 bits per heavy atom. The van der Waals surface area contributed by atoms with Crippen molar-refractivity contribution in [2.45, 2.75) is 32.2 Å². The Balaban J connectivity index is 1.89. The third-order valence-electron chi connectivity index (χ3n) is 5.16. The number of hydrazone groups is 1. The quantitative estimate of drug-likeness (QED) is 0.315. The molecule has 2 N–H and O–H groups in total. The van der Waals surface area contributed by atoms with Gasteiger partial charge in [-0.3, -0.25) is 4.79 Å². The van der Waals surface area contributed by atoms with Crippen molar-refractivity contribution in [3.8, 4) is 5.75 Å². The summed E-state index contributed by atoms with van der Waals surface area (Å²) < 4.78 is 28.5. The van der Waals surface area contributed by atoms with E-state index in [1.807, 2.05) is 6.92 Å². The summed E-state index contributed by atoms with van der Waals surface area (Å²) in [7, 11) is -4.06. The second-order valence-electron chi connectivity index (χ2n) is 8.13. The number of rotatable bonds is 8. The second kappa shape index (κ2) is 11.2. The molecule has 0 fully saturated rings. The highest BCUT2D eigenvalue weighted by Crippen LogP contribution is 2.28. The first-order valence-corrected chi connectivity index (χ1v) is 12.8. The molecule has 0 aliphatic carbocycles. The molecular formula is C25H25Cl2N3O4S. The molecule has 0 aromatic heterocycles. The van der Waals surface area contributed by atoms with Gasteiger partial charge in [0.2, 0.25) is 10.0 Å². The number of carbonyl (C=O) groups is 1. The van der Waals surface area contributed by atoms with Crippen LogP contribution in [0.3, 0.4) is 0 Å². The van der Waals surface area contributed by atoms with E-state index in [-0.39, 0.29) is 22.2 Å². The Labute approximate surface area is 215 Å². The van der Waals surface area contributed by atoms with Gasteiger partial charge in [-0.05, 0) is 79.4 Å². The molecule has 0 spiro atoms. The summed E-state index contributed by atoms with van der Waals surface area (Å²) in [6, 6.07) is 14.6. The number of nitrogens with zero attached hydrogens (tertiary/aromatic N) is 2. The predicted molar refractivity (Wildman–Crippen MR) is 139 cm³/mol. The van der Waals surface area contributed by atoms with Gasteiger partial charge in [0.05, 0.1) is 27.7 Å². The second-order valence-corrected chi connectivity index (χ2v) is 10.8. The Kier molecular flexibility index (Phi) is 8.56. The van der Waals surface area contributed by atoms with Crippen molar-refractivity contribution in [2.75, 3.05) is 6.54 Å². The molecule has 3 aromatic rings. The van der Waals surface area contributed by atoms with Gasteiger partial charge in [0, 0.05) is 6.54 Å². The fourth-order valence-corrected chi connectivity index (χ4v) is 5.82. The first-order chi connectivity index (χ1) is 16.5. The number of carbonyl (C=O) groups excluding carboxylic acids is 1. The van der Waals surface area contributed by atoms with E-state index >= 15 is 0 Å². The first-order valence-electron chi connectivity index (χ1n) is 10.6. The molecule has 35 heavy (non-hydrogen) atoms. The third-order valence-corrected chi connectivity index (χ3v) is 8.00. The minimum absolute atomic E-state index is 0.0962.